The van der Waals surface area contributed by atoms with Crippen LogP contribution in [0.5, 0.6) is 11.5 Å². The van der Waals surface area contributed by atoms with E-state index in [2.05, 4.69) is 16.3 Å². The first-order valence-electron chi connectivity index (χ1n) is 7.86. The molecule has 2 aromatic carbocycles. The highest BCUT2D eigenvalue weighted by atomic mass is 16.7. The fraction of sp³-hybridized carbons (Fsp3) is 0.278. The lowest BCUT2D eigenvalue weighted by atomic mass is 10.2. The molecule has 0 aromatic heterocycles. The van der Waals surface area contributed by atoms with Crippen LogP contribution in [-0.2, 0) is 0 Å². The summed E-state index contributed by atoms with van der Waals surface area (Å²) in [5.74, 6) is 1.14. The van der Waals surface area contributed by atoms with Crippen LogP contribution in [-0.4, -0.2) is 25.8 Å². The van der Waals surface area contributed by atoms with Gasteiger partial charge in [0, 0.05) is 30.0 Å². The first-order chi connectivity index (χ1) is 11.3. The van der Waals surface area contributed by atoms with Crippen LogP contribution in [0.3, 0.4) is 0 Å². The molecule has 5 nitrogen and oxygen atoms in total. The molecule has 0 bridgehead atoms. The van der Waals surface area contributed by atoms with E-state index in [0.717, 1.165) is 24.5 Å². The zero-order valence-electron chi connectivity index (χ0n) is 12.7. The molecule has 1 fully saturated rings. The molecule has 23 heavy (non-hydrogen) atoms. The molecule has 2 aromatic rings. The largest absolute Gasteiger partial charge is 0.454 e. The maximum absolute atomic E-state index is 12.4. The highest BCUT2D eigenvalue weighted by molar-refractivity contribution is 6.04. The lowest BCUT2D eigenvalue weighted by Crippen LogP contribution is -2.18. The van der Waals surface area contributed by atoms with Crippen molar-refractivity contribution in [2.45, 2.75) is 12.8 Å². The molecule has 0 spiro atoms. The second-order valence-corrected chi connectivity index (χ2v) is 5.77. The van der Waals surface area contributed by atoms with Crippen molar-refractivity contribution >= 4 is 17.3 Å². The lowest BCUT2D eigenvalue weighted by molar-refractivity contribution is 0.102. The maximum Gasteiger partial charge on any atom is 0.255 e. The molecule has 2 heterocycles. The molecular formula is C18H18N2O3. The standard InChI is InChI=1S/C18H18N2O3/c21-18(13-6-7-16-17(10-13)23-12-22-16)19-14-4-3-5-15(11-14)20-8-1-2-9-20/h3-7,10-11H,1-2,8-9,12H2,(H,19,21). The first-order valence-corrected chi connectivity index (χ1v) is 7.86. The van der Waals surface area contributed by atoms with E-state index in [-0.39, 0.29) is 12.7 Å². The van der Waals surface area contributed by atoms with Gasteiger partial charge in [0.1, 0.15) is 0 Å². The average molecular weight is 310 g/mol. The summed E-state index contributed by atoms with van der Waals surface area (Å²) in [5.41, 5.74) is 2.52. The van der Waals surface area contributed by atoms with Gasteiger partial charge in [0.05, 0.1) is 0 Å². The number of amides is 1. The van der Waals surface area contributed by atoms with Crippen LogP contribution >= 0.6 is 0 Å². The monoisotopic (exact) mass is 310 g/mol. The van der Waals surface area contributed by atoms with Crippen molar-refractivity contribution in [3.8, 4) is 11.5 Å². The fourth-order valence-corrected chi connectivity index (χ4v) is 3.00. The summed E-state index contributed by atoms with van der Waals surface area (Å²) in [6, 6.07) is 13.2. The van der Waals surface area contributed by atoms with E-state index in [1.165, 1.54) is 12.8 Å². The smallest absolute Gasteiger partial charge is 0.255 e. The Labute approximate surface area is 134 Å². The third kappa shape index (κ3) is 2.82. The normalized spacial score (nSPS) is 15.7. The van der Waals surface area contributed by atoms with E-state index in [0.29, 0.717) is 17.1 Å². The van der Waals surface area contributed by atoms with Crippen LogP contribution in [0.15, 0.2) is 42.5 Å². The number of nitrogens with one attached hydrogen (secondary N) is 1. The Morgan fingerprint density at radius 1 is 1.00 bits per heavy atom. The number of ether oxygens (including phenoxy) is 2. The molecular weight excluding hydrogens is 292 g/mol. The van der Waals surface area contributed by atoms with E-state index in [4.69, 9.17) is 9.47 Å². The summed E-state index contributed by atoms with van der Waals surface area (Å²) < 4.78 is 10.6. The Morgan fingerprint density at radius 3 is 2.70 bits per heavy atom. The molecule has 1 saturated heterocycles. The minimum absolute atomic E-state index is 0.151. The van der Waals surface area contributed by atoms with Crippen molar-refractivity contribution in [1.82, 2.24) is 0 Å². The molecule has 4 rings (SSSR count). The number of hydrogen-bond acceptors (Lipinski definition) is 4. The van der Waals surface area contributed by atoms with Gasteiger partial charge in [-0.15, -0.1) is 0 Å². The number of rotatable bonds is 3. The fourth-order valence-electron chi connectivity index (χ4n) is 3.00. The highest BCUT2D eigenvalue weighted by Crippen LogP contribution is 2.32. The van der Waals surface area contributed by atoms with Gasteiger partial charge in [-0.1, -0.05) is 6.07 Å². The minimum Gasteiger partial charge on any atom is -0.454 e. The summed E-state index contributed by atoms with van der Waals surface area (Å²) in [7, 11) is 0. The Bertz CT molecular complexity index is 739. The minimum atomic E-state index is -0.151. The van der Waals surface area contributed by atoms with E-state index in [1.54, 1.807) is 18.2 Å². The predicted molar refractivity (Wildman–Crippen MR) is 88.4 cm³/mol. The second-order valence-electron chi connectivity index (χ2n) is 5.77. The van der Waals surface area contributed by atoms with Crippen molar-refractivity contribution in [1.29, 1.82) is 0 Å². The predicted octanol–water partition coefficient (Wildman–Crippen LogP) is 3.27. The zero-order valence-corrected chi connectivity index (χ0v) is 12.7. The summed E-state index contributed by atoms with van der Waals surface area (Å²) in [6.45, 7) is 2.37. The molecule has 0 radical (unpaired) electrons. The van der Waals surface area contributed by atoms with Gasteiger partial charge in [0.25, 0.3) is 5.91 Å². The van der Waals surface area contributed by atoms with Crippen LogP contribution in [0, 0.1) is 0 Å². The SMILES string of the molecule is O=C(Nc1cccc(N2CCCC2)c1)c1ccc2c(c1)OCO2. The van der Waals surface area contributed by atoms with Crippen LogP contribution in [0.1, 0.15) is 23.2 Å². The summed E-state index contributed by atoms with van der Waals surface area (Å²) in [4.78, 5) is 14.8. The summed E-state index contributed by atoms with van der Waals surface area (Å²) in [6.07, 6.45) is 2.46. The van der Waals surface area contributed by atoms with Crippen LogP contribution in [0.2, 0.25) is 0 Å². The topological polar surface area (TPSA) is 50.8 Å². The second kappa shape index (κ2) is 5.83. The molecule has 0 atom stereocenters. The lowest BCUT2D eigenvalue weighted by Gasteiger charge is -2.18. The Kier molecular flexibility index (Phi) is 3.54. The van der Waals surface area contributed by atoms with Gasteiger partial charge in [-0.2, -0.15) is 0 Å². The Hall–Kier alpha value is -2.69. The van der Waals surface area contributed by atoms with Gasteiger partial charge in [-0.05, 0) is 49.2 Å². The van der Waals surface area contributed by atoms with Crippen molar-refractivity contribution in [2.75, 3.05) is 30.1 Å². The van der Waals surface area contributed by atoms with Crippen LogP contribution < -0.4 is 19.7 Å². The van der Waals surface area contributed by atoms with Gasteiger partial charge in [0.15, 0.2) is 11.5 Å². The molecule has 0 saturated carbocycles. The first kappa shape index (κ1) is 13.9. The molecule has 5 heteroatoms. The number of anilines is 2. The number of hydrogen-bond donors (Lipinski definition) is 1. The van der Waals surface area contributed by atoms with Gasteiger partial charge in [0.2, 0.25) is 6.79 Å². The van der Waals surface area contributed by atoms with Crippen molar-refractivity contribution in [3.05, 3.63) is 48.0 Å². The van der Waals surface area contributed by atoms with E-state index >= 15 is 0 Å². The number of benzene rings is 2. The van der Waals surface area contributed by atoms with Crippen molar-refractivity contribution in [2.24, 2.45) is 0 Å². The molecule has 118 valence electrons. The maximum atomic E-state index is 12.4. The van der Waals surface area contributed by atoms with E-state index in [9.17, 15) is 4.79 Å². The summed E-state index contributed by atoms with van der Waals surface area (Å²) in [5, 5.41) is 2.95. The van der Waals surface area contributed by atoms with E-state index in [1.807, 2.05) is 18.2 Å². The van der Waals surface area contributed by atoms with Gasteiger partial charge < -0.3 is 19.7 Å². The van der Waals surface area contributed by atoms with Crippen LogP contribution in [0.4, 0.5) is 11.4 Å². The number of fused-ring (bicyclic) bond motifs is 1. The molecule has 0 aliphatic carbocycles. The number of nitrogens with zero attached hydrogens (tertiary/aromatic N) is 1. The molecule has 1 N–H and O–H groups in total. The molecule has 2 aliphatic heterocycles. The zero-order chi connectivity index (χ0) is 15.6. The highest BCUT2D eigenvalue weighted by Gasteiger charge is 2.17. The molecule has 1 amide bonds. The molecule has 2 aliphatic rings. The summed E-state index contributed by atoms with van der Waals surface area (Å²) >= 11 is 0. The number of carbonyl (C=O) groups excluding carboxylic acids is 1. The third-order valence-corrected chi connectivity index (χ3v) is 4.21. The van der Waals surface area contributed by atoms with Crippen LogP contribution in [0.25, 0.3) is 0 Å². The number of carbonyl (C=O) groups is 1. The third-order valence-electron chi connectivity index (χ3n) is 4.21. The quantitative estimate of drug-likeness (QED) is 0.945. The van der Waals surface area contributed by atoms with Gasteiger partial charge >= 0.3 is 0 Å². The van der Waals surface area contributed by atoms with Gasteiger partial charge in [-0.3, -0.25) is 4.79 Å². The average Bonchev–Trinajstić information content (AvgIpc) is 3.26. The Morgan fingerprint density at radius 2 is 1.83 bits per heavy atom. The van der Waals surface area contributed by atoms with E-state index < -0.39 is 0 Å². The van der Waals surface area contributed by atoms with Crippen molar-refractivity contribution < 1.29 is 14.3 Å². The molecule has 0 unspecified atom stereocenters. The van der Waals surface area contributed by atoms with Gasteiger partial charge in [-0.25, -0.2) is 0 Å². The Balaban J connectivity index is 1.51. The van der Waals surface area contributed by atoms with Crippen molar-refractivity contribution in [3.63, 3.8) is 0 Å².